The third-order valence-corrected chi connectivity index (χ3v) is 5.58. The minimum Gasteiger partial charge on any atom is -0.503 e. The Morgan fingerprint density at radius 1 is 1.07 bits per heavy atom. The number of aryl methyl sites for hydroxylation is 2. The SMILES string of the molecule is Cc1ccccc1C1C(C(=O)CCc2ccccc2)=C(O)C(=O)N1CCCN(C)C. The van der Waals surface area contributed by atoms with E-state index in [2.05, 4.69) is 4.90 Å². The molecule has 1 N–H and O–H groups in total. The van der Waals surface area contributed by atoms with E-state index in [4.69, 9.17) is 0 Å². The molecule has 30 heavy (non-hydrogen) atoms. The lowest BCUT2D eigenvalue weighted by Gasteiger charge is -2.28. The minimum absolute atomic E-state index is 0.173. The van der Waals surface area contributed by atoms with Crippen LogP contribution in [0.1, 0.15) is 35.6 Å². The molecule has 1 aliphatic heterocycles. The van der Waals surface area contributed by atoms with Gasteiger partial charge in [-0.05, 0) is 57.1 Å². The van der Waals surface area contributed by atoms with Crippen molar-refractivity contribution in [1.82, 2.24) is 9.80 Å². The highest BCUT2D eigenvalue weighted by molar-refractivity contribution is 6.09. The van der Waals surface area contributed by atoms with E-state index < -0.39 is 17.7 Å². The fourth-order valence-electron chi connectivity index (χ4n) is 3.98. The first-order chi connectivity index (χ1) is 14.4. The molecule has 0 fully saturated rings. The number of aliphatic hydroxyl groups excluding tert-OH is 1. The van der Waals surface area contributed by atoms with Crippen LogP contribution < -0.4 is 0 Å². The van der Waals surface area contributed by atoms with Gasteiger partial charge >= 0.3 is 0 Å². The molecular weight excluding hydrogens is 376 g/mol. The van der Waals surface area contributed by atoms with Crippen molar-refractivity contribution in [2.75, 3.05) is 27.2 Å². The Morgan fingerprint density at radius 2 is 1.73 bits per heavy atom. The van der Waals surface area contributed by atoms with Crippen LogP contribution in [0.4, 0.5) is 0 Å². The second-order valence-corrected chi connectivity index (χ2v) is 8.09. The fourth-order valence-corrected chi connectivity index (χ4v) is 3.98. The van der Waals surface area contributed by atoms with Gasteiger partial charge in [-0.2, -0.15) is 0 Å². The highest BCUT2D eigenvalue weighted by Crippen LogP contribution is 2.39. The first-order valence-corrected chi connectivity index (χ1v) is 10.4. The second kappa shape index (κ2) is 9.72. The molecule has 2 aromatic rings. The lowest BCUT2D eigenvalue weighted by Crippen LogP contribution is -2.33. The molecule has 3 rings (SSSR count). The summed E-state index contributed by atoms with van der Waals surface area (Å²) in [4.78, 5) is 29.8. The van der Waals surface area contributed by atoms with E-state index in [1.807, 2.05) is 75.6 Å². The van der Waals surface area contributed by atoms with E-state index in [1.165, 1.54) is 0 Å². The van der Waals surface area contributed by atoms with Gasteiger partial charge in [-0.15, -0.1) is 0 Å². The Balaban J connectivity index is 1.89. The average Bonchev–Trinajstić information content (AvgIpc) is 2.98. The molecule has 0 aromatic heterocycles. The van der Waals surface area contributed by atoms with Crippen LogP contribution in [0.2, 0.25) is 0 Å². The van der Waals surface area contributed by atoms with Crippen LogP contribution >= 0.6 is 0 Å². The van der Waals surface area contributed by atoms with Crippen molar-refractivity contribution in [3.8, 4) is 0 Å². The number of ketones is 1. The predicted molar refractivity (Wildman–Crippen MR) is 118 cm³/mol. The first-order valence-electron chi connectivity index (χ1n) is 10.4. The highest BCUT2D eigenvalue weighted by atomic mass is 16.3. The van der Waals surface area contributed by atoms with Gasteiger partial charge in [0, 0.05) is 13.0 Å². The summed E-state index contributed by atoms with van der Waals surface area (Å²) in [6.07, 6.45) is 1.59. The van der Waals surface area contributed by atoms with Crippen molar-refractivity contribution in [1.29, 1.82) is 0 Å². The van der Waals surface area contributed by atoms with E-state index in [0.29, 0.717) is 13.0 Å². The third kappa shape index (κ3) is 4.79. The maximum absolute atomic E-state index is 13.2. The number of nitrogens with zero attached hydrogens (tertiary/aromatic N) is 2. The van der Waals surface area contributed by atoms with Gasteiger partial charge in [-0.25, -0.2) is 0 Å². The maximum Gasteiger partial charge on any atom is 0.290 e. The van der Waals surface area contributed by atoms with Gasteiger partial charge in [0.15, 0.2) is 11.5 Å². The molecule has 1 heterocycles. The summed E-state index contributed by atoms with van der Waals surface area (Å²) in [5, 5.41) is 10.7. The lowest BCUT2D eigenvalue weighted by molar-refractivity contribution is -0.129. The van der Waals surface area contributed by atoms with Crippen LogP contribution in [-0.4, -0.2) is 53.8 Å². The van der Waals surface area contributed by atoms with Crippen molar-refractivity contribution in [3.63, 3.8) is 0 Å². The van der Waals surface area contributed by atoms with Crippen LogP contribution in [0.15, 0.2) is 65.9 Å². The summed E-state index contributed by atoms with van der Waals surface area (Å²) in [5.41, 5.74) is 3.18. The summed E-state index contributed by atoms with van der Waals surface area (Å²) in [6.45, 7) is 3.27. The molecule has 5 heteroatoms. The van der Waals surface area contributed by atoms with Crippen LogP contribution in [0.3, 0.4) is 0 Å². The quantitative estimate of drug-likeness (QED) is 0.687. The Labute approximate surface area is 178 Å². The maximum atomic E-state index is 13.2. The minimum atomic E-state index is -0.538. The number of hydrogen-bond acceptors (Lipinski definition) is 4. The molecule has 158 valence electrons. The Kier molecular flexibility index (Phi) is 7.06. The molecule has 2 aromatic carbocycles. The fraction of sp³-hybridized carbons (Fsp3) is 0.360. The summed E-state index contributed by atoms with van der Waals surface area (Å²) >= 11 is 0. The Bertz CT molecular complexity index is 934. The summed E-state index contributed by atoms with van der Waals surface area (Å²) in [6, 6.07) is 17.0. The number of hydrogen-bond donors (Lipinski definition) is 1. The van der Waals surface area contributed by atoms with Crippen molar-refractivity contribution >= 4 is 11.7 Å². The van der Waals surface area contributed by atoms with Gasteiger partial charge in [0.05, 0.1) is 11.6 Å². The average molecular weight is 407 g/mol. The molecule has 0 bridgehead atoms. The van der Waals surface area contributed by atoms with Gasteiger partial charge in [0.1, 0.15) is 0 Å². The Morgan fingerprint density at radius 3 is 2.40 bits per heavy atom. The van der Waals surface area contributed by atoms with Crippen LogP contribution in [0, 0.1) is 6.92 Å². The number of carbonyl (C=O) groups is 2. The topological polar surface area (TPSA) is 60.9 Å². The molecular formula is C25H30N2O3. The molecule has 1 amide bonds. The number of Topliss-reactive ketones (excluding diaryl/α,β-unsaturated/α-hetero) is 1. The van der Waals surface area contributed by atoms with E-state index in [1.54, 1.807) is 4.90 Å². The van der Waals surface area contributed by atoms with Crippen molar-refractivity contribution in [3.05, 3.63) is 82.6 Å². The van der Waals surface area contributed by atoms with Crippen LogP contribution in [0.25, 0.3) is 0 Å². The van der Waals surface area contributed by atoms with Crippen LogP contribution in [0.5, 0.6) is 0 Å². The highest BCUT2D eigenvalue weighted by Gasteiger charge is 2.43. The van der Waals surface area contributed by atoms with Crippen molar-refractivity contribution < 1.29 is 14.7 Å². The number of amides is 1. The molecule has 1 unspecified atom stereocenters. The first kappa shape index (κ1) is 21.8. The zero-order valence-electron chi connectivity index (χ0n) is 18.0. The standard InChI is InChI=1S/C25H30N2O3/c1-18-10-7-8-13-20(18)23-22(21(28)15-14-19-11-5-4-6-12-19)24(29)25(30)27(23)17-9-16-26(2)3/h4-8,10-13,23,29H,9,14-17H2,1-3H3. The van der Waals surface area contributed by atoms with Gasteiger partial charge in [-0.1, -0.05) is 54.6 Å². The number of benzene rings is 2. The predicted octanol–water partition coefficient (Wildman–Crippen LogP) is 3.84. The third-order valence-electron chi connectivity index (χ3n) is 5.58. The van der Waals surface area contributed by atoms with E-state index in [9.17, 15) is 14.7 Å². The molecule has 1 atom stereocenters. The zero-order valence-corrected chi connectivity index (χ0v) is 18.0. The van der Waals surface area contributed by atoms with Crippen molar-refractivity contribution in [2.24, 2.45) is 0 Å². The van der Waals surface area contributed by atoms with Gasteiger partial charge in [0.2, 0.25) is 0 Å². The molecule has 0 aliphatic carbocycles. The van der Waals surface area contributed by atoms with Gasteiger partial charge < -0.3 is 14.9 Å². The monoisotopic (exact) mass is 406 g/mol. The summed E-state index contributed by atoms with van der Waals surface area (Å²) < 4.78 is 0. The smallest absolute Gasteiger partial charge is 0.290 e. The summed E-state index contributed by atoms with van der Waals surface area (Å²) in [7, 11) is 3.97. The van der Waals surface area contributed by atoms with Gasteiger partial charge in [-0.3, -0.25) is 9.59 Å². The van der Waals surface area contributed by atoms with E-state index in [0.717, 1.165) is 29.7 Å². The number of carbonyl (C=O) groups excluding carboxylic acids is 2. The molecule has 1 aliphatic rings. The molecule has 5 nitrogen and oxygen atoms in total. The molecule has 0 radical (unpaired) electrons. The largest absolute Gasteiger partial charge is 0.503 e. The second-order valence-electron chi connectivity index (χ2n) is 8.09. The molecule has 0 saturated heterocycles. The van der Waals surface area contributed by atoms with Crippen LogP contribution in [-0.2, 0) is 16.0 Å². The lowest BCUT2D eigenvalue weighted by atomic mass is 9.91. The number of aliphatic hydroxyl groups is 1. The van der Waals surface area contributed by atoms with E-state index >= 15 is 0 Å². The Hall–Kier alpha value is -2.92. The van der Waals surface area contributed by atoms with Gasteiger partial charge in [0.25, 0.3) is 5.91 Å². The number of rotatable bonds is 9. The molecule has 0 spiro atoms. The molecule has 0 saturated carbocycles. The normalized spacial score (nSPS) is 16.6. The van der Waals surface area contributed by atoms with Crippen molar-refractivity contribution in [2.45, 2.75) is 32.2 Å². The van der Waals surface area contributed by atoms with E-state index in [-0.39, 0.29) is 17.8 Å². The zero-order chi connectivity index (χ0) is 21.7. The summed E-state index contributed by atoms with van der Waals surface area (Å²) in [5.74, 6) is -1.02.